The molecule has 0 fully saturated rings. The molecule has 0 aliphatic heterocycles. The second-order valence-electron chi connectivity index (χ2n) is 8.13. The first-order chi connectivity index (χ1) is 17.9. The maximum absolute atomic E-state index is 14.1. The van der Waals surface area contributed by atoms with Crippen molar-refractivity contribution >= 4 is 22.5 Å². The van der Waals surface area contributed by atoms with Gasteiger partial charge in [-0.15, -0.1) is 0 Å². The highest BCUT2D eigenvalue weighted by Crippen LogP contribution is 2.25. The molecule has 10 nitrogen and oxygen atoms in total. The van der Waals surface area contributed by atoms with E-state index >= 15 is 0 Å². The van der Waals surface area contributed by atoms with Crippen molar-refractivity contribution in [3.05, 3.63) is 100 Å². The van der Waals surface area contributed by atoms with Crippen LogP contribution in [0.5, 0.6) is 0 Å². The third kappa shape index (κ3) is 4.68. The van der Waals surface area contributed by atoms with Gasteiger partial charge in [-0.05, 0) is 31.4 Å². The number of aryl methyl sites for hydroxylation is 1. The monoisotopic (exact) mass is 493 g/mol. The van der Waals surface area contributed by atoms with E-state index in [4.69, 9.17) is 10.7 Å². The summed E-state index contributed by atoms with van der Waals surface area (Å²) in [6.45, 7) is 3.62. The van der Waals surface area contributed by atoms with Crippen LogP contribution in [0.2, 0.25) is 0 Å². The first-order valence-electron chi connectivity index (χ1n) is 11.2. The molecule has 1 atom stereocenters. The SMILES string of the molecule is Cc1cccc2nc(C(C)Nc3ncnc(N)c3C#Cc3cnccn3)n(-c3cncc(F)c3)c(=O)c12. The number of nitrogens with one attached hydrogen (secondary N) is 1. The molecule has 4 heterocycles. The number of nitrogens with zero attached hydrogens (tertiary/aromatic N) is 7. The largest absolute Gasteiger partial charge is 0.382 e. The molecule has 5 aromatic rings. The highest BCUT2D eigenvalue weighted by molar-refractivity contribution is 5.81. The lowest BCUT2D eigenvalue weighted by Gasteiger charge is -2.21. The predicted molar refractivity (Wildman–Crippen MR) is 136 cm³/mol. The molecular weight excluding hydrogens is 473 g/mol. The summed E-state index contributed by atoms with van der Waals surface area (Å²) in [5, 5.41) is 3.66. The molecule has 5 rings (SSSR count). The van der Waals surface area contributed by atoms with Gasteiger partial charge in [0.2, 0.25) is 0 Å². The van der Waals surface area contributed by atoms with Crippen LogP contribution in [0.15, 0.2) is 66.4 Å². The van der Waals surface area contributed by atoms with E-state index < -0.39 is 11.9 Å². The number of fused-ring (bicyclic) bond motifs is 1. The van der Waals surface area contributed by atoms with Crippen LogP contribution in [0, 0.1) is 24.6 Å². The Hall–Kier alpha value is -5.24. The van der Waals surface area contributed by atoms with E-state index in [0.29, 0.717) is 33.8 Å². The minimum Gasteiger partial charge on any atom is -0.382 e. The van der Waals surface area contributed by atoms with Gasteiger partial charge in [0.25, 0.3) is 5.56 Å². The minimum absolute atomic E-state index is 0.162. The van der Waals surface area contributed by atoms with Gasteiger partial charge in [0.05, 0.1) is 41.2 Å². The molecule has 182 valence electrons. The van der Waals surface area contributed by atoms with Gasteiger partial charge in [-0.3, -0.25) is 19.3 Å². The van der Waals surface area contributed by atoms with Crippen LogP contribution < -0.4 is 16.6 Å². The third-order valence-electron chi connectivity index (χ3n) is 5.58. The molecule has 1 unspecified atom stereocenters. The van der Waals surface area contributed by atoms with Crippen LogP contribution in [0.1, 0.15) is 35.6 Å². The molecule has 0 aliphatic carbocycles. The number of hydrogen-bond acceptors (Lipinski definition) is 9. The summed E-state index contributed by atoms with van der Waals surface area (Å²) >= 11 is 0. The fraction of sp³-hybridized carbons (Fsp3) is 0.115. The minimum atomic E-state index is -0.591. The Balaban J connectivity index is 1.64. The second kappa shape index (κ2) is 9.79. The van der Waals surface area contributed by atoms with Crippen molar-refractivity contribution < 1.29 is 4.39 Å². The van der Waals surface area contributed by atoms with Gasteiger partial charge >= 0.3 is 0 Å². The average Bonchev–Trinajstić information content (AvgIpc) is 2.88. The topological polar surface area (TPSA) is 137 Å². The van der Waals surface area contributed by atoms with E-state index in [1.807, 2.05) is 19.1 Å². The molecule has 0 bridgehead atoms. The molecule has 0 spiro atoms. The zero-order valence-corrected chi connectivity index (χ0v) is 19.8. The lowest BCUT2D eigenvalue weighted by atomic mass is 10.1. The van der Waals surface area contributed by atoms with E-state index in [-0.39, 0.29) is 17.1 Å². The Morgan fingerprint density at radius 1 is 1.08 bits per heavy atom. The Morgan fingerprint density at radius 2 is 1.95 bits per heavy atom. The fourth-order valence-electron chi connectivity index (χ4n) is 3.87. The number of halogens is 1. The Kier molecular flexibility index (Phi) is 6.22. The highest BCUT2D eigenvalue weighted by Gasteiger charge is 2.21. The van der Waals surface area contributed by atoms with Gasteiger partial charge in [0.15, 0.2) is 0 Å². The zero-order valence-electron chi connectivity index (χ0n) is 19.8. The summed E-state index contributed by atoms with van der Waals surface area (Å²) < 4.78 is 15.5. The summed E-state index contributed by atoms with van der Waals surface area (Å²) in [7, 11) is 0. The number of benzene rings is 1. The number of pyridine rings is 1. The molecule has 37 heavy (non-hydrogen) atoms. The van der Waals surface area contributed by atoms with E-state index in [1.165, 1.54) is 35.6 Å². The number of anilines is 2. The fourth-order valence-corrected chi connectivity index (χ4v) is 3.87. The van der Waals surface area contributed by atoms with Crippen LogP contribution in [0.3, 0.4) is 0 Å². The zero-order chi connectivity index (χ0) is 25.9. The Bertz CT molecular complexity index is 1740. The Morgan fingerprint density at radius 3 is 2.73 bits per heavy atom. The van der Waals surface area contributed by atoms with Gasteiger partial charge in [-0.2, -0.15) is 0 Å². The van der Waals surface area contributed by atoms with Crippen LogP contribution in [-0.2, 0) is 0 Å². The molecular formula is C26H20FN9O. The van der Waals surface area contributed by atoms with Crippen molar-refractivity contribution in [3.63, 3.8) is 0 Å². The lowest BCUT2D eigenvalue weighted by molar-refractivity contribution is 0.617. The van der Waals surface area contributed by atoms with Crippen LogP contribution in [0.4, 0.5) is 16.0 Å². The van der Waals surface area contributed by atoms with Gasteiger partial charge in [0.1, 0.15) is 40.9 Å². The average molecular weight is 494 g/mol. The van der Waals surface area contributed by atoms with Crippen molar-refractivity contribution in [1.82, 2.24) is 34.5 Å². The molecule has 1 aromatic carbocycles. The predicted octanol–water partition coefficient (Wildman–Crippen LogP) is 2.96. The highest BCUT2D eigenvalue weighted by atomic mass is 19.1. The summed E-state index contributed by atoms with van der Waals surface area (Å²) in [4.78, 5) is 38.8. The molecule has 0 radical (unpaired) electrons. The van der Waals surface area contributed by atoms with Crippen molar-refractivity contribution in [3.8, 4) is 17.5 Å². The van der Waals surface area contributed by atoms with Crippen LogP contribution >= 0.6 is 0 Å². The molecule has 0 amide bonds. The summed E-state index contributed by atoms with van der Waals surface area (Å²) in [6, 6.07) is 6.05. The summed E-state index contributed by atoms with van der Waals surface area (Å²) in [5.74, 6) is 6.07. The van der Waals surface area contributed by atoms with Crippen molar-refractivity contribution in [2.24, 2.45) is 0 Å². The summed E-state index contributed by atoms with van der Waals surface area (Å²) in [6.07, 6.45) is 8.39. The van der Waals surface area contributed by atoms with Crippen LogP contribution in [0.25, 0.3) is 16.6 Å². The molecule has 11 heteroatoms. The Labute approximate surface area is 210 Å². The molecule has 0 aliphatic rings. The molecule has 3 N–H and O–H groups in total. The van der Waals surface area contributed by atoms with E-state index in [9.17, 15) is 9.18 Å². The van der Waals surface area contributed by atoms with Crippen molar-refractivity contribution in [2.45, 2.75) is 19.9 Å². The van der Waals surface area contributed by atoms with E-state index in [0.717, 1.165) is 11.8 Å². The first kappa shape index (κ1) is 23.5. The number of rotatable bonds is 4. The van der Waals surface area contributed by atoms with E-state index in [1.54, 1.807) is 19.2 Å². The smallest absolute Gasteiger partial charge is 0.266 e. The number of aromatic nitrogens is 7. The number of nitrogen functional groups attached to an aromatic ring is 1. The first-order valence-corrected chi connectivity index (χ1v) is 11.2. The van der Waals surface area contributed by atoms with Gasteiger partial charge in [-0.25, -0.2) is 24.3 Å². The van der Waals surface area contributed by atoms with E-state index in [2.05, 4.69) is 42.1 Å². The quantitative estimate of drug-likeness (QED) is 0.362. The van der Waals surface area contributed by atoms with Gasteiger partial charge in [-0.1, -0.05) is 18.1 Å². The maximum atomic E-state index is 14.1. The number of nitrogens with two attached hydrogens (primary N) is 1. The summed E-state index contributed by atoms with van der Waals surface area (Å²) in [5.41, 5.74) is 8.07. The van der Waals surface area contributed by atoms with Gasteiger partial charge < -0.3 is 11.1 Å². The molecule has 0 saturated heterocycles. The molecule has 4 aromatic heterocycles. The molecule has 0 saturated carbocycles. The lowest BCUT2D eigenvalue weighted by Crippen LogP contribution is -2.28. The van der Waals surface area contributed by atoms with Crippen molar-refractivity contribution in [1.29, 1.82) is 0 Å². The number of hydrogen-bond donors (Lipinski definition) is 2. The maximum Gasteiger partial charge on any atom is 0.266 e. The third-order valence-corrected chi connectivity index (χ3v) is 5.58. The van der Waals surface area contributed by atoms with Crippen LogP contribution in [-0.4, -0.2) is 34.5 Å². The standard InChI is InChI=1S/C26H20FN9O/c1-15-4-3-5-21-22(15)26(37)36(19-10-17(27)11-30-13-19)25(35-21)16(2)34-24-20(23(28)32-14-33-24)7-6-18-12-29-8-9-31-18/h3-5,8-14,16H,1-2H3,(H3,28,32,33,34). The second-order valence-corrected chi connectivity index (χ2v) is 8.13. The van der Waals surface area contributed by atoms with Gasteiger partial charge in [0, 0.05) is 18.5 Å². The normalized spacial score (nSPS) is 11.5. The van der Waals surface area contributed by atoms with Crippen molar-refractivity contribution in [2.75, 3.05) is 11.1 Å².